The van der Waals surface area contributed by atoms with Gasteiger partial charge in [-0.1, -0.05) is 75.4 Å². The molecule has 3 nitrogen and oxygen atoms in total. The Morgan fingerprint density at radius 3 is 2.32 bits per heavy atom. The minimum atomic E-state index is -0.614. The summed E-state index contributed by atoms with van der Waals surface area (Å²) in [5, 5.41) is 11.9. The third-order valence-corrected chi connectivity index (χ3v) is 4.08. The van der Waals surface area contributed by atoms with Crippen molar-refractivity contribution in [2.75, 3.05) is 7.05 Å². The molecule has 0 radical (unpaired) electrons. The highest BCUT2D eigenvalue weighted by Gasteiger charge is 2.21. The predicted octanol–water partition coefficient (Wildman–Crippen LogP) is 6.76. The van der Waals surface area contributed by atoms with E-state index in [0.29, 0.717) is 18.8 Å². The van der Waals surface area contributed by atoms with Crippen LogP contribution in [0.25, 0.3) is 0 Å². The molecule has 0 saturated heterocycles. The summed E-state index contributed by atoms with van der Waals surface area (Å²) in [5.41, 5.74) is 0. The molecule has 0 aromatic rings. The highest BCUT2D eigenvalue weighted by molar-refractivity contribution is 4.96. The third-order valence-electron chi connectivity index (χ3n) is 4.08. The molecule has 25 heavy (non-hydrogen) atoms. The molecule has 0 aromatic heterocycles. The van der Waals surface area contributed by atoms with Gasteiger partial charge in [0.2, 0.25) is 0 Å². The Kier molecular flexibility index (Phi) is 22.0. The van der Waals surface area contributed by atoms with Gasteiger partial charge in [-0.2, -0.15) is 4.91 Å². The Labute approximate surface area is 154 Å². The number of halogens is 1. The maximum atomic E-state index is 12.9. The highest BCUT2D eigenvalue weighted by atomic mass is 19.1. The van der Waals surface area contributed by atoms with E-state index in [1.54, 1.807) is 0 Å². The number of aliphatic hydroxyl groups excluding tert-OH is 1. The first-order valence-corrected chi connectivity index (χ1v) is 9.88. The van der Waals surface area contributed by atoms with Gasteiger partial charge in [-0.15, -0.1) is 0 Å². The number of nitroso groups, excluding NO2 is 1. The van der Waals surface area contributed by atoms with Crippen LogP contribution in [0.15, 0.2) is 29.5 Å². The van der Waals surface area contributed by atoms with Crippen molar-refractivity contribution in [3.05, 3.63) is 29.2 Å². The number of unbranched alkanes of at least 4 members (excludes halogenated alkanes) is 4. The molecule has 1 fully saturated rings. The van der Waals surface area contributed by atoms with Gasteiger partial charge in [0.15, 0.2) is 0 Å². The number of aliphatic hydroxyl groups is 1. The zero-order chi connectivity index (χ0) is 19.3. The fourth-order valence-corrected chi connectivity index (χ4v) is 2.61. The van der Waals surface area contributed by atoms with Crippen LogP contribution in [0.5, 0.6) is 0 Å². The average Bonchev–Trinajstić information content (AvgIpc) is 3.01. The minimum absolute atomic E-state index is 0.324. The van der Waals surface area contributed by atoms with Crippen molar-refractivity contribution < 1.29 is 9.50 Å². The van der Waals surface area contributed by atoms with E-state index in [4.69, 9.17) is 4.91 Å². The molecule has 4 heteroatoms. The van der Waals surface area contributed by atoms with Gasteiger partial charge in [-0.25, -0.2) is 4.39 Å². The molecule has 0 spiro atoms. The fraction of sp³-hybridized carbons (Fsp3) is 0.810. The molecule has 0 bridgehead atoms. The number of hydrogen-bond acceptors (Lipinski definition) is 3. The van der Waals surface area contributed by atoms with Crippen LogP contribution in [-0.2, 0) is 0 Å². The van der Waals surface area contributed by atoms with Gasteiger partial charge in [0.1, 0.15) is 6.17 Å². The quantitative estimate of drug-likeness (QED) is 0.281. The Hall–Kier alpha value is -1.03. The van der Waals surface area contributed by atoms with E-state index >= 15 is 0 Å². The van der Waals surface area contributed by atoms with E-state index in [2.05, 4.69) is 38.1 Å². The second kappa shape index (κ2) is 21.0. The molecule has 1 aliphatic rings. The smallest absolute Gasteiger partial charge is 0.101 e. The second-order valence-electron chi connectivity index (χ2n) is 6.51. The lowest BCUT2D eigenvalue weighted by Crippen LogP contribution is -2.02. The maximum Gasteiger partial charge on any atom is 0.101 e. The van der Waals surface area contributed by atoms with Crippen molar-refractivity contribution in [2.24, 2.45) is 11.1 Å². The first-order valence-electron chi connectivity index (χ1n) is 9.88. The van der Waals surface area contributed by atoms with Crippen molar-refractivity contribution >= 4 is 0 Å². The topological polar surface area (TPSA) is 49.7 Å². The molecule has 1 saturated carbocycles. The van der Waals surface area contributed by atoms with E-state index in [9.17, 15) is 9.50 Å². The molecule has 0 heterocycles. The van der Waals surface area contributed by atoms with E-state index in [0.717, 1.165) is 19.3 Å². The largest absolute Gasteiger partial charge is 0.389 e. The molecule has 0 aliphatic heterocycles. The zero-order valence-corrected chi connectivity index (χ0v) is 16.8. The summed E-state index contributed by atoms with van der Waals surface area (Å²) in [6.07, 6.45) is 17.7. The molecule has 1 rings (SSSR count). The van der Waals surface area contributed by atoms with Crippen LogP contribution in [0.3, 0.4) is 0 Å². The Bertz CT molecular complexity index is 332. The summed E-state index contributed by atoms with van der Waals surface area (Å²) in [4.78, 5) is 8.56. The fourth-order valence-electron chi connectivity index (χ4n) is 2.61. The van der Waals surface area contributed by atoms with Gasteiger partial charge in [-0.05, 0) is 44.9 Å². The van der Waals surface area contributed by atoms with Crippen molar-refractivity contribution in [3.8, 4) is 0 Å². The monoisotopic (exact) mass is 357 g/mol. The Morgan fingerprint density at radius 1 is 1.20 bits per heavy atom. The Morgan fingerprint density at radius 2 is 1.84 bits per heavy atom. The molecule has 148 valence electrons. The Balaban J connectivity index is 0. The van der Waals surface area contributed by atoms with Gasteiger partial charge in [-0.3, -0.25) is 0 Å². The van der Waals surface area contributed by atoms with E-state index in [1.165, 1.54) is 39.2 Å². The van der Waals surface area contributed by atoms with Crippen LogP contribution in [0, 0.1) is 10.8 Å². The zero-order valence-electron chi connectivity index (χ0n) is 16.8. The van der Waals surface area contributed by atoms with E-state index in [1.807, 2.05) is 12.2 Å². The van der Waals surface area contributed by atoms with Crippen LogP contribution in [0.1, 0.15) is 85.0 Å². The minimum Gasteiger partial charge on any atom is -0.389 e. The molecule has 1 N–H and O–H groups in total. The summed E-state index contributed by atoms with van der Waals surface area (Å²) >= 11 is 0. The van der Waals surface area contributed by atoms with Gasteiger partial charge in [0, 0.05) is 0 Å². The first kappa shape index (κ1) is 26.2. The number of hydrogen-bond donors (Lipinski definition) is 1. The summed E-state index contributed by atoms with van der Waals surface area (Å²) in [5.74, 6) is 0.362. The predicted molar refractivity (Wildman–Crippen MR) is 108 cm³/mol. The van der Waals surface area contributed by atoms with Gasteiger partial charge < -0.3 is 5.11 Å². The van der Waals surface area contributed by atoms with Crippen LogP contribution >= 0.6 is 0 Å². The average molecular weight is 358 g/mol. The van der Waals surface area contributed by atoms with Crippen LogP contribution in [0.4, 0.5) is 4.39 Å². The lowest BCUT2D eigenvalue weighted by Gasteiger charge is -2.06. The molecule has 0 amide bonds. The lowest BCUT2D eigenvalue weighted by molar-refractivity contribution is 0.207. The van der Waals surface area contributed by atoms with Crippen molar-refractivity contribution in [2.45, 2.75) is 97.3 Å². The maximum absolute atomic E-state index is 12.9. The van der Waals surface area contributed by atoms with E-state index < -0.39 is 6.17 Å². The lowest BCUT2D eigenvalue weighted by atomic mass is 10.0. The second-order valence-corrected chi connectivity index (χ2v) is 6.51. The number of allylic oxidation sites excluding steroid dienone is 3. The van der Waals surface area contributed by atoms with E-state index in [-0.39, 0.29) is 6.10 Å². The summed E-state index contributed by atoms with van der Waals surface area (Å²) in [6.45, 7) is 6.43. The van der Waals surface area contributed by atoms with Crippen LogP contribution in [0.2, 0.25) is 0 Å². The van der Waals surface area contributed by atoms with Crippen LogP contribution < -0.4 is 0 Å². The summed E-state index contributed by atoms with van der Waals surface area (Å²) < 4.78 is 12.9. The van der Waals surface area contributed by atoms with Crippen molar-refractivity contribution in [1.82, 2.24) is 0 Å². The summed E-state index contributed by atoms with van der Waals surface area (Å²) in [7, 11) is 1.19. The molecule has 2 unspecified atom stereocenters. The van der Waals surface area contributed by atoms with Gasteiger partial charge in [0.25, 0.3) is 0 Å². The molecule has 0 aromatic carbocycles. The molecular weight excluding hydrogens is 317 g/mol. The number of rotatable bonds is 9. The van der Waals surface area contributed by atoms with Crippen molar-refractivity contribution in [3.63, 3.8) is 0 Å². The molecule has 1 aliphatic carbocycles. The first-order chi connectivity index (χ1) is 12.0. The highest BCUT2D eigenvalue weighted by Crippen LogP contribution is 2.28. The third kappa shape index (κ3) is 20.9. The number of nitrogens with zero attached hydrogens (tertiary/aromatic N) is 1. The van der Waals surface area contributed by atoms with Crippen molar-refractivity contribution in [1.29, 1.82) is 0 Å². The number of alkyl halides is 1. The molecular formula is C21H40FNO2. The SMILES string of the molecule is C/C=C\CCCC.CCCCCC(O)/C=C/[C@H]1CCC(F)C1.CN=O. The molecule has 3 atom stereocenters. The van der Waals surface area contributed by atoms with Gasteiger partial charge in [0.05, 0.1) is 13.2 Å². The van der Waals surface area contributed by atoms with Gasteiger partial charge >= 0.3 is 0 Å². The standard InChI is InChI=1S/C13H23FO.C7H14.CH3NO/c1-2-3-4-5-13(15)9-7-11-6-8-12(14)10-11;1-3-5-7-6-4-2;1-2-3/h7,9,11-13,15H,2-6,8,10H2,1H3;3,5H,4,6-7H2,1-2H3;1H3/b9-7+;5-3-;/t11-,12?,13?;;/m1../s1. The van der Waals surface area contributed by atoms with Crippen LogP contribution in [-0.4, -0.2) is 24.4 Å². The summed E-state index contributed by atoms with van der Waals surface area (Å²) in [6, 6.07) is 0. The normalized spacial score (nSPS) is 20.7.